The zero-order valence-electron chi connectivity index (χ0n) is 26.0. The van der Waals surface area contributed by atoms with Crippen molar-refractivity contribution in [1.29, 1.82) is 0 Å². The van der Waals surface area contributed by atoms with E-state index in [9.17, 15) is 14.0 Å². The fourth-order valence-electron chi connectivity index (χ4n) is 6.59. The average Bonchev–Trinajstić information content (AvgIpc) is 3.38. The Morgan fingerprint density at radius 2 is 1.67 bits per heavy atom. The molecule has 3 aromatic carbocycles. The van der Waals surface area contributed by atoms with Gasteiger partial charge in [-0.2, -0.15) is 0 Å². The summed E-state index contributed by atoms with van der Waals surface area (Å²) in [5.74, 6) is 0.670. The Balaban J connectivity index is 0.000000200. The minimum Gasteiger partial charge on any atom is -0.493 e. The van der Waals surface area contributed by atoms with E-state index >= 15 is 0 Å². The largest absolute Gasteiger partial charge is 0.493 e. The molecule has 1 atom stereocenters. The van der Waals surface area contributed by atoms with Gasteiger partial charge in [0.15, 0.2) is 0 Å². The molecule has 2 fully saturated rings. The molecular formula is C37H41FN2O5. The number of carbonyl (C=O) groups excluding carboxylic acids is 1. The lowest BCUT2D eigenvalue weighted by molar-refractivity contribution is -0.118. The molecule has 8 heteroatoms. The molecular weight excluding hydrogens is 571 g/mol. The first-order chi connectivity index (χ1) is 21.8. The molecule has 0 saturated heterocycles. The van der Waals surface area contributed by atoms with Crippen LogP contribution in [0.2, 0.25) is 0 Å². The number of carboxylic acids is 1. The van der Waals surface area contributed by atoms with Crippen molar-refractivity contribution >= 4 is 18.1 Å². The molecule has 3 aromatic rings. The van der Waals surface area contributed by atoms with E-state index in [1.54, 1.807) is 30.3 Å². The zero-order valence-corrected chi connectivity index (χ0v) is 26.0. The van der Waals surface area contributed by atoms with E-state index in [0.717, 1.165) is 16.7 Å². The number of allylic oxidation sites excluding steroid dienone is 1. The molecule has 236 valence electrons. The van der Waals surface area contributed by atoms with Gasteiger partial charge in [0.25, 0.3) is 5.91 Å². The highest BCUT2D eigenvalue weighted by molar-refractivity contribution is 5.91. The van der Waals surface area contributed by atoms with Gasteiger partial charge in [-0.15, -0.1) is 0 Å². The summed E-state index contributed by atoms with van der Waals surface area (Å²) >= 11 is 0. The van der Waals surface area contributed by atoms with E-state index in [1.165, 1.54) is 62.4 Å². The summed E-state index contributed by atoms with van der Waals surface area (Å²) in [5, 5.41) is 8.87. The van der Waals surface area contributed by atoms with Gasteiger partial charge in [-0.25, -0.2) is 14.2 Å². The molecule has 45 heavy (non-hydrogen) atoms. The summed E-state index contributed by atoms with van der Waals surface area (Å²) in [6, 6.07) is 17.6. The fourth-order valence-corrected chi connectivity index (χ4v) is 6.59. The molecule has 1 N–H and O–H groups in total. The van der Waals surface area contributed by atoms with Crippen LogP contribution in [0.4, 0.5) is 4.39 Å². The number of hydrogen-bond donors (Lipinski definition) is 1. The van der Waals surface area contributed by atoms with E-state index in [1.807, 2.05) is 49.2 Å². The summed E-state index contributed by atoms with van der Waals surface area (Å²) in [6.07, 6.45) is 13.3. The smallest absolute Gasteiger partial charge is 0.335 e. The third-order valence-corrected chi connectivity index (χ3v) is 8.93. The number of amides is 1. The van der Waals surface area contributed by atoms with Crippen LogP contribution in [0, 0.1) is 11.2 Å². The van der Waals surface area contributed by atoms with Crippen molar-refractivity contribution in [2.24, 2.45) is 10.4 Å². The van der Waals surface area contributed by atoms with Gasteiger partial charge in [-0.05, 0) is 116 Å². The van der Waals surface area contributed by atoms with Crippen molar-refractivity contribution in [3.63, 3.8) is 0 Å². The minimum atomic E-state index is -0.835. The van der Waals surface area contributed by atoms with Crippen LogP contribution in [0.5, 0.6) is 11.5 Å². The number of nitrogens with zero attached hydrogens (tertiary/aromatic N) is 2. The zero-order chi connectivity index (χ0) is 31.8. The third kappa shape index (κ3) is 7.98. The molecule has 1 amide bonds. The minimum absolute atomic E-state index is 0.192. The maximum absolute atomic E-state index is 13.4. The highest BCUT2D eigenvalue weighted by Gasteiger charge is 2.43. The normalized spacial score (nSPS) is 18.2. The highest BCUT2D eigenvalue weighted by Crippen LogP contribution is 2.57. The van der Waals surface area contributed by atoms with Gasteiger partial charge in [0.2, 0.25) is 0 Å². The molecule has 1 spiro atoms. The third-order valence-electron chi connectivity index (χ3n) is 8.93. The van der Waals surface area contributed by atoms with Crippen molar-refractivity contribution in [1.82, 2.24) is 4.90 Å². The molecule has 0 aromatic heterocycles. The van der Waals surface area contributed by atoms with Crippen LogP contribution in [-0.2, 0) is 11.3 Å². The molecule has 1 aliphatic heterocycles. The van der Waals surface area contributed by atoms with Crippen LogP contribution in [0.1, 0.15) is 79.8 Å². The second-order valence-electron chi connectivity index (χ2n) is 12.0. The lowest BCUT2D eigenvalue weighted by Gasteiger charge is -2.38. The molecule has 7 nitrogen and oxygen atoms in total. The Morgan fingerprint density at radius 3 is 2.22 bits per heavy atom. The Morgan fingerprint density at radius 1 is 1.00 bits per heavy atom. The van der Waals surface area contributed by atoms with Crippen LogP contribution in [-0.4, -0.2) is 47.9 Å². The van der Waals surface area contributed by atoms with Crippen LogP contribution < -0.4 is 9.47 Å². The van der Waals surface area contributed by atoms with Crippen molar-refractivity contribution in [2.45, 2.75) is 64.8 Å². The SMILES string of the molecule is CCOc1cc(CN2C=CC=NC(=O)C2)cc(OCC)c1-c1ccc(F)cc1.O=C(O)c1ccc(C2CCC3(CCC3)C2)cc1. The lowest BCUT2D eigenvalue weighted by atomic mass is 9.67. The lowest BCUT2D eigenvalue weighted by Crippen LogP contribution is -2.25. The Hall–Kier alpha value is -4.46. The average molecular weight is 613 g/mol. The first kappa shape index (κ1) is 31.9. The number of benzene rings is 3. The second kappa shape index (κ2) is 14.5. The number of aromatic carboxylic acids is 1. The van der Waals surface area contributed by atoms with Crippen LogP contribution in [0.3, 0.4) is 0 Å². The monoisotopic (exact) mass is 612 g/mol. The predicted molar refractivity (Wildman–Crippen MR) is 174 cm³/mol. The van der Waals surface area contributed by atoms with Crippen molar-refractivity contribution in [3.05, 3.63) is 95.4 Å². The van der Waals surface area contributed by atoms with Gasteiger partial charge in [0.05, 0.1) is 30.9 Å². The van der Waals surface area contributed by atoms with E-state index < -0.39 is 5.97 Å². The molecule has 3 aliphatic rings. The quantitative estimate of drug-likeness (QED) is 0.263. The van der Waals surface area contributed by atoms with Gasteiger partial charge >= 0.3 is 5.97 Å². The Kier molecular flexibility index (Phi) is 10.3. The molecule has 2 aliphatic carbocycles. The molecule has 1 unspecified atom stereocenters. The van der Waals surface area contributed by atoms with Crippen molar-refractivity contribution in [2.75, 3.05) is 19.8 Å². The van der Waals surface area contributed by atoms with Crippen LogP contribution in [0.25, 0.3) is 11.1 Å². The number of halogens is 1. The first-order valence-corrected chi connectivity index (χ1v) is 15.8. The summed E-state index contributed by atoms with van der Waals surface area (Å²) < 4.78 is 25.1. The van der Waals surface area contributed by atoms with Crippen LogP contribution in [0.15, 0.2) is 77.9 Å². The molecule has 0 radical (unpaired) electrons. The van der Waals surface area contributed by atoms with E-state index in [4.69, 9.17) is 14.6 Å². The number of carbonyl (C=O) groups is 2. The molecule has 0 bridgehead atoms. The first-order valence-electron chi connectivity index (χ1n) is 15.8. The van der Waals surface area contributed by atoms with E-state index in [-0.39, 0.29) is 18.3 Å². The fraction of sp³-hybridized carbons (Fsp3) is 0.378. The predicted octanol–water partition coefficient (Wildman–Crippen LogP) is 8.04. The number of aliphatic imine (C=N–C) groups is 1. The Bertz CT molecular complexity index is 1520. The van der Waals surface area contributed by atoms with Gasteiger partial charge in [0.1, 0.15) is 17.3 Å². The number of hydrogen-bond acceptors (Lipinski definition) is 5. The van der Waals surface area contributed by atoms with Crippen molar-refractivity contribution in [3.8, 4) is 22.6 Å². The van der Waals surface area contributed by atoms with Gasteiger partial charge in [-0.3, -0.25) is 4.79 Å². The van der Waals surface area contributed by atoms with Crippen LogP contribution >= 0.6 is 0 Å². The summed E-state index contributed by atoms with van der Waals surface area (Å²) in [6.45, 7) is 5.51. The van der Waals surface area contributed by atoms with Crippen molar-refractivity contribution < 1.29 is 28.6 Å². The van der Waals surface area contributed by atoms with E-state index in [0.29, 0.717) is 48.2 Å². The summed E-state index contributed by atoms with van der Waals surface area (Å²) in [7, 11) is 0. The Labute approximate surface area is 264 Å². The number of rotatable bonds is 9. The molecule has 6 rings (SSSR count). The van der Waals surface area contributed by atoms with E-state index in [2.05, 4.69) is 4.99 Å². The highest BCUT2D eigenvalue weighted by atomic mass is 19.1. The number of ether oxygens (including phenoxy) is 2. The molecule has 2 saturated carbocycles. The van der Waals surface area contributed by atoms with Gasteiger partial charge < -0.3 is 19.5 Å². The number of carboxylic acid groups (broad SMARTS) is 1. The van der Waals surface area contributed by atoms with Gasteiger partial charge in [0, 0.05) is 19.0 Å². The second-order valence-corrected chi connectivity index (χ2v) is 12.0. The topological polar surface area (TPSA) is 88.4 Å². The maximum atomic E-state index is 13.4. The summed E-state index contributed by atoms with van der Waals surface area (Å²) in [5.41, 5.74) is 4.94. The standard InChI is InChI=1S/C22H23FN2O3.C15H18O2/c1-3-27-19-12-16(14-25-11-5-10-24-21(26)15-25)13-20(28-4-2)22(19)17-6-8-18(23)9-7-17;16-14(17)12-4-2-11(3-5-12)13-6-9-15(10-13)7-1-8-15/h5-13H,3-4,14-15H2,1-2H3;2-5,13H,1,6-10H2,(H,16,17). The maximum Gasteiger partial charge on any atom is 0.335 e. The summed E-state index contributed by atoms with van der Waals surface area (Å²) in [4.78, 5) is 28.2. The molecule has 1 heterocycles. The van der Waals surface area contributed by atoms with Gasteiger partial charge in [-0.1, -0.05) is 30.7 Å².